The van der Waals surface area contributed by atoms with Gasteiger partial charge in [-0.15, -0.1) is 0 Å². The first kappa shape index (κ1) is 24.4. The van der Waals surface area contributed by atoms with Crippen molar-refractivity contribution in [1.29, 1.82) is 0 Å². The van der Waals surface area contributed by atoms with Crippen molar-refractivity contribution in [2.75, 3.05) is 12.3 Å². The molecule has 0 heterocycles. The Hall–Kier alpha value is -3.68. The SMILES string of the molecule is O=C(O)C(CCNS(=O)(=O)CC(c1ccccc1)c1ccccc1)Oc1cccc2ccccc12. The van der Waals surface area contributed by atoms with E-state index in [2.05, 4.69) is 4.72 Å². The van der Waals surface area contributed by atoms with Crippen LogP contribution in [0.1, 0.15) is 23.5 Å². The maximum absolute atomic E-state index is 13.0. The number of ether oxygens (including phenoxy) is 1. The van der Waals surface area contributed by atoms with Crippen molar-refractivity contribution in [3.63, 3.8) is 0 Å². The monoisotopic (exact) mass is 489 g/mol. The number of benzene rings is 4. The molecule has 1 unspecified atom stereocenters. The standard InChI is InChI=1S/C28H27NO5S/c30-28(31)27(34-26-17-9-15-21-14-7-8-16-24(21)26)18-19-29-35(32,33)20-25(22-10-3-1-4-11-22)23-12-5-2-6-13-23/h1-17,25,27,29H,18-20H2,(H,30,31). The highest BCUT2D eigenvalue weighted by Crippen LogP contribution is 2.27. The van der Waals surface area contributed by atoms with Crippen LogP contribution < -0.4 is 9.46 Å². The summed E-state index contributed by atoms with van der Waals surface area (Å²) in [6.07, 6.45) is -1.21. The first-order valence-electron chi connectivity index (χ1n) is 11.4. The minimum atomic E-state index is -3.70. The zero-order valence-corrected chi connectivity index (χ0v) is 19.9. The predicted molar refractivity (Wildman–Crippen MR) is 137 cm³/mol. The van der Waals surface area contributed by atoms with Gasteiger partial charge < -0.3 is 9.84 Å². The van der Waals surface area contributed by atoms with Crippen LogP contribution >= 0.6 is 0 Å². The molecule has 0 saturated heterocycles. The van der Waals surface area contributed by atoms with E-state index < -0.39 is 22.1 Å². The summed E-state index contributed by atoms with van der Waals surface area (Å²) in [5.74, 6) is -1.20. The van der Waals surface area contributed by atoms with Gasteiger partial charge in [-0.3, -0.25) is 0 Å². The zero-order chi connectivity index (χ0) is 24.7. The van der Waals surface area contributed by atoms with Crippen molar-refractivity contribution in [3.05, 3.63) is 114 Å². The third kappa shape index (κ3) is 6.47. The molecule has 35 heavy (non-hydrogen) atoms. The van der Waals surface area contributed by atoms with E-state index >= 15 is 0 Å². The Morgan fingerprint density at radius 3 is 2.00 bits per heavy atom. The second-order valence-electron chi connectivity index (χ2n) is 8.26. The smallest absolute Gasteiger partial charge is 0.344 e. The van der Waals surface area contributed by atoms with Gasteiger partial charge in [0, 0.05) is 24.3 Å². The van der Waals surface area contributed by atoms with Crippen LogP contribution in [0.25, 0.3) is 10.8 Å². The van der Waals surface area contributed by atoms with Gasteiger partial charge in [0.15, 0.2) is 6.10 Å². The lowest BCUT2D eigenvalue weighted by molar-refractivity contribution is -0.145. The number of fused-ring (bicyclic) bond motifs is 1. The molecule has 0 aliphatic rings. The molecule has 0 saturated carbocycles. The Kier molecular flexibility index (Phi) is 7.80. The minimum absolute atomic E-state index is 0.0148. The highest BCUT2D eigenvalue weighted by atomic mass is 32.2. The summed E-state index contributed by atoms with van der Waals surface area (Å²) in [5.41, 5.74) is 1.79. The van der Waals surface area contributed by atoms with Gasteiger partial charge in [-0.1, -0.05) is 97.1 Å². The number of carboxylic acid groups (broad SMARTS) is 1. The van der Waals surface area contributed by atoms with E-state index in [4.69, 9.17) is 4.74 Å². The molecule has 180 valence electrons. The molecule has 4 aromatic carbocycles. The summed E-state index contributed by atoms with van der Waals surface area (Å²) >= 11 is 0. The summed E-state index contributed by atoms with van der Waals surface area (Å²) in [7, 11) is -3.70. The van der Waals surface area contributed by atoms with Crippen LogP contribution in [0, 0.1) is 0 Å². The molecular weight excluding hydrogens is 462 g/mol. The lowest BCUT2D eigenvalue weighted by atomic mass is 9.93. The number of hydrogen-bond donors (Lipinski definition) is 2. The van der Waals surface area contributed by atoms with Gasteiger partial charge in [0.05, 0.1) is 5.75 Å². The number of nitrogens with one attached hydrogen (secondary N) is 1. The summed E-state index contributed by atoms with van der Waals surface area (Å²) in [6.45, 7) is -0.0552. The van der Waals surface area contributed by atoms with Crippen molar-refractivity contribution >= 4 is 26.8 Å². The third-order valence-corrected chi connectivity index (χ3v) is 7.23. The zero-order valence-electron chi connectivity index (χ0n) is 19.1. The fourth-order valence-corrected chi connectivity index (χ4v) is 5.43. The number of hydrogen-bond acceptors (Lipinski definition) is 4. The van der Waals surface area contributed by atoms with Gasteiger partial charge in [-0.2, -0.15) is 0 Å². The quantitative estimate of drug-likeness (QED) is 0.315. The molecule has 6 nitrogen and oxygen atoms in total. The normalized spacial score (nSPS) is 12.5. The lowest BCUT2D eigenvalue weighted by Crippen LogP contribution is -2.35. The average molecular weight is 490 g/mol. The van der Waals surface area contributed by atoms with Crippen molar-refractivity contribution in [2.24, 2.45) is 0 Å². The van der Waals surface area contributed by atoms with E-state index in [0.29, 0.717) is 5.75 Å². The number of sulfonamides is 1. The van der Waals surface area contributed by atoms with Crippen LogP contribution in [-0.4, -0.2) is 37.9 Å². The number of aliphatic carboxylic acids is 1. The third-order valence-electron chi connectivity index (χ3n) is 5.81. The molecule has 0 radical (unpaired) electrons. The summed E-state index contributed by atoms with van der Waals surface area (Å²) < 4.78 is 34.3. The van der Waals surface area contributed by atoms with Gasteiger partial charge in [-0.05, 0) is 22.6 Å². The maximum atomic E-state index is 13.0. The number of carboxylic acids is 1. The molecular formula is C28H27NO5S. The van der Waals surface area contributed by atoms with E-state index in [1.54, 1.807) is 12.1 Å². The Balaban J connectivity index is 1.43. The van der Waals surface area contributed by atoms with Gasteiger partial charge in [0.2, 0.25) is 10.0 Å². The van der Waals surface area contributed by atoms with Gasteiger partial charge >= 0.3 is 5.97 Å². The van der Waals surface area contributed by atoms with Gasteiger partial charge in [-0.25, -0.2) is 17.9 Å². The van der Waals surface area contributed by atoms with Crippen LogP contribution in [0.2, 0.25) is 0 Å². The fourth-order valence-electron chi connectivity index (χ4n) is 4.06. The Bertz CT molecular complexity index is 1330. The molecule has 4 rings (SSSR count). The molecule has 0 fully saturated rings. The molecule has 0 bridgehead atoms. The van der Waals surface area contributed by atoms with E-state index in [9.17, 15) is 18.3 Å². The topological polar surface area (TPSA) is 92.7 Å². The first-order valence-corrected chi connectivity index (χ1v) is 13.0. The average Bonchev–Trinajstić information content (AvgIpc) is 2.88. The molecule has 1 atom stereocenters. The molecule has 0 aliphatic carbocycles. The van der Waals surface area contributed by atoms with Crippen LogP contribution in [0.15, 0.2) is 103 Å². The lowest BCUT2D eigenvalue weighted by Gasteiger charge is -2.20. The molecule has 7 heteroatoms. The van der Waals surface area contributed by atoms with Gasteiger partial charge in [0.1, 0.15) is 5.75 Å². The highest BCUT2D eigenvalue weighted by molar-refractivity contribution is 7.89. The largest absolute Gasteiger partial charge is 0.479 e. The summed E-state index contributed by atoms with van der Waals surface area (Å²) in [5, 5.41) is 11.4. The predicted octanol–water partition coefficient (Wildman–Crippen LogP) is 4.81. The maximum Gasteiger partial charge on any atom is 0.344 e. The Labute approximate surface area is 205 Å². The minimum Gasteiger partial charge on any atom is -0.479 e. The second-order valence-corrected chi connectivity index (χ2v) is 10.1. The summed E-state index contributed by atoms with van der Waals surface area (Å²) in [6, 6.07) is 31.9. The van der Waals surface area contributed by atoms with E-state index in [-0.39, 0.29) is 24.6 Å². The van der Waals surface area contributed by atoms with Crippen LogP contribution in [0.5, 0.6) is 5.75 Å². The fraction of sp³-hybridized carbons (Fsp3) is 0.179. The molecule has 0 aromatic heterocycles. The van der Waals surface area contributed by atoms with Crippen molar-refractivity contribution in [2.45, 2.75) is 18.4 Å². The Morgan fingerprint density at radius 2 is 1.37 bits per heavy atom. The molecule has 4 aromatic rings. The number of rotatable bonds is 11. The molecule has 0 spiro atoms. The number of carbonyl (C=O) groups is 1. The summed E-state index contributed by atoms with van der Waals surface area (Å²) in [4.78, 5) is 11.8. The van der Waals surface area contributed by atoms with Crippen LogP contribution in [0.3, 0.4) is 0 Å². The first-order chi connectivity index (χ1) is 16.9. The van der Waals surface area contributed by atoms with Crippen LogP contribution in [-0.2, 0) is 14.8 Å². The highest BCUT2D eigenvalue weighted by Gasteiger charge is 2.24. The van der Waals surface area contributed by atoms with E-state index in [1.165, 1.54) is 0 Å². The molecule has 0 amide bonds. The van der Waals surface area contributed by atoms with Gasteiger partial charge in [0.25, 0.3) is 0 Å². The molecule has 0 aliphatic heterocycles. The van der Waals surface area contributed by atoms with Crippen molar-refractivity contribution < 1.29 is 23.1 Å². The Morgan fingerprint density at radius 1 is 0.800 bits per heavy atom. The molecule has 2 N–H and O–H groups in total. The van der Waals surface area contributed by atoms with E-state index in [0.717, 1.165) is 21.9 Å². The van der Waals surface area contributed by atoms with E-state index in [1.807, 2.05) is 91.0 Å². The van der Waals surface area contributed by atoms with Crippen LogP contribution in [0.4, 0.5) is 0 Å². The second kappa shape index (κ2) is 11.2. The van der Waals surface area contributed by atoms with Crippen molar-refractivity contribution in [1.82, 2.24) is 4.72 Å². The van der Waals surface area contributed by atoms with Crippen molar-refractivity contribution in [3.8, 4) is 5.75 Å².